The van der Waals surface area contributed by atoms with Crippen LogP contribution in [0, 0.1) is 5.92 Å². The average Bonchev–Trinajstić information content (AvgIpc) is 3.26. The van der Waals surface area contributed by atoms with Gasteiger partial charge in [0, 0.05) is 35.1 Å². The van der Waals surface area contributed by atoms with Crippen molar-refractivity contribution < 1.29 is 19.5 Å². The first-order chi connectivity index (χ1) is 11.5. The van der Waals surface area contributed by atoms with Gasteiger partial charge in [0.2, 0.25) is 0 Å². The van der Waals surface area contributed by atoms with Gasteiger partial charge in [0.25, 0.3) is 5.91 Å². The van der Waals surface area contributed by atoms with E-state index in [0.717, 1.165) is 0 Å². The molecule has 1 heterocycles. The van der Waals surface area contributed by atoms with E-state index >= 15 is 0 Å². The summed E-state index contributed by atoms with van der Waals surface area (Å²) in [5.41, 5.74) is 1.54. The molecule has 0 aliphatic heterocycles. The van der Waals surface area contributed by atoms with E-state index < -0.39 is 5.97 Å². The number of aromatic amines is 1. The van der Waals surface area contributed by atoms with E-state index in [4.69, 9.17) is 5.11 Å². The monoisotopic (exact) mass is 326 g/mol. The number of carbonyl (C=O) groups excluding carboxylic acids is 2. The van der Waals surface area contributed by atoms with Crippen molar-refractivity contribution in [3.8, 4) is 0 Å². The van der Waals surface area contributed by atoms with E-state index in [1.54, 1.807) is 42.7 Å². The fraction of sp³-hybridized carbons (Fsp3) is 0.278. The summed E-state index contributed by atoms with van der Waals surface area (Å²) in [6.45, 7) is 0. The fourth-order valence-corrected chi connectivity index (χ4v) is 3.01. The lowest BCUT2D eigenvalue weighted by atomic mass is 10.0. The summed E-state index contributed by atoms with van der Waals surface area (Å²) in [7, 11) is 0. The SMILES string of the molecule is O=C(N[C@H]1CC[C@@H](C(=O)O)C1)c1ccc(C(=O)c2cc[nH]c2)cc1. The molecule has 1 saturated carbocycles. The number of hydrogen-bond acceptors (Lipinski definition) is 3. The number of amides is 1. The van der Waals surface area contributed by atoms with Gasteiger partial charge >= 0.3 is 5.97 Å². The molecule has 0 unspecified atom stereocenters. The molecule has 0 saturated heterocycles. The average molecular weight is 326 g/mol. The second kappa shape index (κ2) is 6.70. The highest BCUT2D eigenvalue weighted by Crippen LogP contribution is 2.25. The first kappa shape index (κ1) is 16.0. The van der Waals surface area contributed by atoms with E-state index in [2.05, 4.69) is 10.3 Å². The van der Waals surface area contributed by atoms with Crippen LogP contribution in [0.3, 0.4) is 0 Å². The number of carboxylic acid groups (broad SMARTS) is 1. The summed E-state index contributed by atoms with van der Waals surface area (Å²) in [6.07, 6.45) is 5.03. The van der Waals surface area contributed by atoms with Gasteiger partial charge in [-0.15, -0.1) is 0 Å². The third-order valence-corrected chi connectivity index (χ3v) is 4.39. The Morgan fingerprint density at radius 3 is 2.29 bits per heavy atom. The number of rotatable bonds is 5. The Balaban J connectivity index is 1.62. The van der Waals surface area contributed by atoms with Gasteiger partial charge in [-0.05, 0) is 37.5 Å². The van der Waals surface area contributed by atoms with Gasteiger partial charge in [-0.25, -0.2) is 0 Å². The summed E-state index contributed by atoms with van der Waals surface area (Å²) in [5.74, 6) is -1.54. The fourth-order valence-electron chi connectivity index (χ4n) is 3.01. The number of H-pyrrole nitrogens is 1. The van der Waals surface area contributed by atoms with Crippen molar-refractivity contribution >= 4 is 17.7 Å². The number of benzene rings is 1. The van der Waals surface area contributed by atoms with Gasteiger partial charge in [0.1, 0.15) is 0 Å². The van der Waals surface area contributed by atoms with Crippen LogP contribution in [0.5, 0.6) is 0 Å². The van der Waals surface area contributed by atoms with Crippen molar-refractivity contribution in [1.82, 2.24) is 10.3 Å². The van der Waals surface area contributed by atoms with Crippen molar-refractivity contribution in [2.45, 2.75) is 25.3 Å². The normalized spacial score (nSPS) is 19.8. The molecular formula is C18H18N2O4. The van der Waals surface area contributed by atoms with E-state index in [1.807, 2.05) is 0 Å². The standard InChI is InChI=1S/C18H18N2O4/c21-16(14-7-8-19-10-14)11-1-3-12(4-2-11)17(22)20-15-6-5-13(9-15)18(23)24/h1-4,7-8,10,13,15,19H,5-6,9H2,(H,20,22)(H,23,24)/t13-,15+/m1/s1. The molecule has 1 aliphatic rings. The molecule has 6 nitrogen and oxygen atoms in total. The van der Waals surface area contributed by atoms with Gasteiger partial charge in [0.15, 0.2) is 5.78 Å². The number of aliphatic carboxylic acids is 1. The molecule has 1 aliphatic carbocycles. The molecule has 24 heavy (non-hydrogen) atoms. The molecule has 0 bridgehead atoms. The van der Waals surface area contributed by atoms with Crippen LogP contribution < -0.4 is 5.32 Å². The first-order valence-corrected chi connectivity index (χ1v) is 7.86. The molecule has 6 heteroatoms. The predicted octanol–water partition coefficient (Wildman–Crippen LogP) is 2.23. The molecule has 2 atom stereocenters. The maximum Gasteiger partial charge on any atom is 0.306 e. The van der Waals surface area contributed by atoms with Crippen LogP contribution in [0.25, 0.3) is 0 Å². The number of carboxylic acids is 1. The second-order valence-corrected chi connectivity index (χ2v) is 6.02. The smallest absolute Gasteiger partial charge is 0.306 e. The number of nitrogens with one attached hydrogen (secondary N) is 2. The van der Waals surface area contributed by atoms with Crippen molar-refractivity contribution in [2.24, 2.45) is 5.92 Å². The predicted molar refractivity (Wildman–Crippen MR) is 86.9 cm³/mol. The van der Waals surface area contributed by atoms with Gasteiger partial charge in [-0.1, -0.05) is 12.1 Å². The third kappa shape index (κ3) is 3.37. The summed E-state index contributed by atoms with van der Waals surface area (Å²) in [4.78, 5) is 38.2. The van der Waals surface area contributed by atoms with E-state index in [0.29, 0.717) is 36.0 Å². The number of aromatic nitrogens is 1. The van der Waals surface area contributed by atoms with Crippen LogP contribution in [0.2, 0.25) is 0 Å². The highest BCUT2D eigenvalue weighted by Gasteiger charge is 2.30. The maximum atomic E-state index is 12.2. The summed E-state index contributed by atoms with van der Waals surface area (Å²) < 4.78 is 0. The summed E-state index contributed by atoms with van der Waals surface area (Å²) in [5, 5.41) is 11.9. The molecule has 0 spiro atoms. The topological polar surface area (TPSA) is 99.3 Å². The molecule has 2 aromatic rings. The van der Waals surface area contributed by atoms with Crippen molar-refractivity contribution in [1.29, 1.82) is 0 Å². The zero-order chi connectivity index (χ0) is 17.1. The van der Waals surface area contributed by atoms with Crippen LogP contribution in [-0.4, -0.2) is 33.8 Å². The zero-order valence-corrected chi connectivity index (χ0v) is 13.0. The van der Waals surface area contributed by atoms with Crippen LogP contribution in [0.15, 0.2) is 42.7 Å². The summed E-state index contributed by atoms with van der Waals surface area (Å²) >= 11 is 0. The van der Waals surface area contributed by atoms with Crippen LogP contribution in [0.1, 0.15) is 45.5 Å². The molecule has 3 N–H and O–H groups in total. The Labute approximate surface area is 138 Å². The van der Waals surface area contributed by atoms with Gasteiger partial charge in [0.05, 0.1) is 5.92 Å². The lowest BCUT2D eigenvalue weighted by molar-refractivity contribution is -0.141. The molecule has 124 valence electrons. The molecule has 1 aromatic heterocycles. The minimum atomic E-state index is -0.806. The van der Waals surface area contributed by atoms with Crippen molar-refractivity contribution in [2.75, 3.05) is 0 Å². The Hall–Kier alpha value is -2.89. The van der Waals surface area contributed by atoms with E-state index in [-0.39, 0.29) is 23.7 Å². The number of carbonyl (C=O) groups is 3. The Morgan fingerprint density at radius 1 is 1.00 bits per heavy atom. The minimum absolute atomic E-state index is 0.108. The third-order valence-electron chi connectivity index (χ3n) is 4.39. The number of hydrogen-bond donors (Lipinski definition) is 3. The van der Waals surface area contributed by atoms with Gasteiger partial charge < -0.3 is 15.4 Å². The number of ketones is 1. The van der Waals surface area contributed by atoms with Gasteiger partial charge in [-0.2, -0.15) is 0 Å². The zero-order valence-electron chi connectivity index (χ0n) is 13.0. The Bertz CT molecular complexity index is 750. The van der Waals surface area contributed by atoms with Crippen LogP contribution >= 0.6 is 0 Å². The highest BCUT2D eigenvalue weighted by molar-refractivity contribution is 6.09. The minimum Gasteiger partial charge on any atom is -0.481 e. The Kier molecular flexibility index (Phi) is 4.46. The van der Waals surface area contributed by atoms with E-state index in [9.17, 15) is 14.4 Å². The largest absolute Gasteiger partial charge is 0.481 e. The molecule has 1 aromatic carbocycles. The second-order valence-electron chi connectivity index (χ2n) is 6.02. The highest BCUT2D eigenvalue weighted by atomic mass is 16.4. The lowest BCUT2D eigenvalue weighted by Gasteiger charge is -2.12. The summed E-state index contributed by atoms with van der Waals surface area (Å²) in [6, 6.07) is 8.05. The van der Waals surface area contributed by atoms with Crippen molar-refractivity contribution in [3.63, 3.8) is 0 Å². The van der Waals surface area contributed by atoms with Crippen LogP contribution in [0.4, 0.5) is 0 Å². The lowest BCUT2D eigenvalue weighted by Crippen LogP contribution is -2.33. The quantitative estimate of drug-likeness (QED) is 0.734. The molecule has 0 radical (unpaired) electrons. The molecule has 3 rings (SSSR count). The first-order valence-electron chi connectivity index (χ1n) is 7.86. The molecule has 1 fully saturated rings. The van der Waals surface area contributed by atoms with Crippen LogP contribution in [-0.2, 0) is 4.79 Å². The molecule has 1 amide bonds. The molecular weight excluding hydrogens is 308 g/mol. The van der Waals surface area contributed by atoms with Gasteiger partial charge in [-0.3, -0.25) is 14.4 Å². The van der Waals surface area contributed by atoms with E-state index in [1.165, 1.54) is 0 Å². The Morgan fingerprint density at radius 2 is 1.71 bits per heavy atom. The van der Waals surface area contributed by atoms with Crippen molar-refractivity contribution in [3.05, 3.63) is 59.4 Å². The maximum absolute atomic E-state index is 12.2.